The minimum Gasteiger partial charge on any atom is -0.507 e. The highest BCUT2D eigenvalue weighted by Gasteiger charge is 2.54. The van der Waals surface area contributed by atoms with E-state index in [1.54, 1.807) is 0 Å². The maximum absolute atomic E-state index is 13.2. The third-order valence-corrected chi connectivity index (χ3v) is 6.49. The van der Waals surface area contributed by atoms with Crippen molar-refractivity contribution in [1.29, 1.82) is 0 Å². The molecule has 0 radical (unpaired) electrons. The Morgan fingerprint density at radius 2 is 1.68 bits per heavy atom. The Labute approximate surface area is 175 Å². The molecule has 2 N–H and O–H groups in total. The number of nitrogens with zero attached hydrogens (tertiary/aromatic N) is 1. The highest BCUT2D eigenvalue weighted by molar-refractivity contribution is 6.58. The molecule has 3 atom stereocenters. The van der Waals surface area contributed by atoms with E-state index in [1.165, 1.54) is 0 Å². The molecule has 0 bridgehead atoms. The lowest BCUT2D eigenvalue weighted by Crippen LogP contribution is -2.41. The fraction of sp³-hybridized carbons (Fsp3) is 0.429. The Balaban J connectivity index is 2.15. The number of hydrogen-bond acceptors (Lipinski definition) is 9. The van der Waals surface area contributed by atoms with E-state index >= 15 is 0 Å². The summed E-state index contributed by atoms with van der Waals surface area (Å²) < 4.78 is 5.13. The first kappa shape index (κ1) is 20.7. The van der Waals surface area contributed by atoms with E-state index in [4.69, 9.17) is 4.74 Å². The van der Waals surface area contributed by atoms with Gasteiger partial charge in [-0.15, -0.1) is 0 Å². The highest BCUT2D eigenvalue weighted by Crippen LogP contribution is 2.55. The fourth-order valence-electron chi connectivity index (χ4n) is 5.23. The standard InChI is InChI=1S/C21H19NO9/c1-7(23)10-19(27)20(28)13-14(21(10)31-2)17(25)11-12(18(13)26)16(24)9-6-4-3-5-8(9)15(11)22(29)30/h8-9,15,25-26H,3-6H2,1-2H3. The van der Waals surface area contributed by atoms with Crippen LogP contribution in [-0.2, 0) is 14.3 Å². The molecule has 3 aliphatic carbocycles. The van der Waals surface area contributed by atoms with Gasteiger partial charge in [0.05, 0.1) is 29.4 Å². The molecule has 1 aromatic rings. The summed E-state index contributed by atoms with van der Waals surface area (Å²) in [6, 6.07) is -1.50. The van der Waals surface area contributed by atoms with E-state index in [9.17, 15) is 39.5 Å². The Kier molecular flexibility index (Phi) is 4.68. The van der Waals surface area contributed by atoms with Crippen LogP contribution < -0.4 is 0 Å². The van der Waals surface area contributed by atoms with Crippen LogP contribution in [0.5, 0.6) is 11.5 Å². The van der Waals surface area contributed by atoms with Crippen molar-refractivity contribution < 1.29 is 39.1 Å². The van der Waals surface area contributed by atoms with Gasteiger partial charge >= 0.3 is 0 Å². The fourth-order valence-corrected chi connectivity index (χ4v) is 5.23. The van der Waals surface area contributed by atoms with Gasteiger partial charge in [-0.1, -0.05) is 12.8 Å². The van der Waals surface area contributed by atoms with Crippen molar-refractivity contribution in [2.45, 2.75) is 38.6 Å². The maximum Gasteiger partial charge on any atom is 0.246 e. The van der Waals surface area contributed by atoms with Gasteiger partial charge in [0.1, 0.15) is 22.8 Å². The van der Waals surface area contributed by atoms with Crippen LogP contribution in [0.15, 0.2) is 5.57 Å². The molecule has 4 rings (SSSR count). The van der Waals surface area contributed by atoms with Gasteiger partial charge in [0.25, 0.3) is 0 Å². The minimum absolute atomic E-state index is 0.384. The van der Waals surface area contributed by atoms with Crippen LogP contribution in [0.3, 0.4) is 0 Å². The zero-order valence-electron chi connectivity index (χ0n) is 16.8. The number of fused-ring (bicyclic) bond motifs is 3. The SMILES string of the molecule is COC1=C(C(C)=O)C(=O)C(=O)c2c(O)c3c(c(O)c21)C([N+](=O)[O-])C1CCCCC1C3=O. The number of phenolic OH excluding ortho intramolecular Hbond substituents is 2. The number of ketones is 4. The van der Waals surface area contributed by atoms with Crippen LogP contribution in [0.25, 0.3) is 5.76 Å². The molecular weight excluding hydrogens is 410 g/mol. The molecule has 1 fully saturated rings. The molecule has 0 aliphatic heterocycles. The summed E-state index contributed by atoms with van der Waals surface area (Å²) in [6.45, 7) is 1.02. The van der Waals surface area contributed by atoms with Crippen molar-refractivity contribution in [2.75, 3.05) is 7.11 Å². The van der Waals surface area contributed by atoms with Crippen LogP contribution >= 0.6 is 0 Å². The number of rotatable bonds is 3. The number of carbonyl (C=O) groups is 4. The average Bonchev–Trinajstić information content (AvgIpc) is 2.72. The predicted molar refractivity (Wildman–Crippen MR) is 103 cm³/mol. The lowest BCUT2D eigenvalue weighted by Gasteiger charge is -2.38. The van der Waals surface area contributed by atoms with Gasteiger partial charge in [-0.25, -0.2) is 0 Å². The Morgan fingerprint density at radius 1 is 1.03 bits per heavy atom. The molecule has 1 saturated carbocycles. The van der Waals surface area contributed by atoms with Crippen molar-refractivity contribution in [3.8, 4) is 11.5 Å². The smallest absolute Gasteiger partial charge is 0.246 e. The number of carbonyl (C=O) groups excluding carboxylic acids is 4. The second-order valence-corrected chi connectivity index (χ2v) is 8.01. The first-order valence-electron chi connectivity index (χ1n) is 9.81. The molecule has 1 aromatic carbocycles. The Hall–Kier alpha value is -3.56. The molecule has 3 aliphatic rings. The summed E-state index contributed by atoms with van der Waals surface area (Å²) in [5, 5.41) is 34.0. The number of hydrogen-bond donors (Lipinski definition) is 2. The lowest BCUT2D eigenvalue weighted by molar-refractivity contribution is -0.542. The molecule has 0 amide bonds. The number of ether oxygens (including phenoxy) is 1. The lowest BCUT2D eigenvalue weighted by atomic mass is 9.64. The second-order valence-electron chi connectivity index (χ2n) is 8.01. The van der Waals surface area contributed by atoms with E-state index in [0.29, 0.717) is 25.7 Å². The van der Waals surface area contributed by atoms with E-state index in [2.05, 4.69) is 0 Å². The van der Waals surface area contributed by atoms with Crippen molar-refractivity contribution in [3.05, 3.63) is 37.9 Å². The van der Waals surface area contributed by atoms with Crippen molar-refractivity contribution in [2.24, 2.45) is 11.8 Å². The molecular formula is C21H19NO9. The first-order valence-corrected chi connectivity index (χ1v) is 9.81. The second kappa shape index (κ2) is 7.00. The zero-order chi connectivity index (χ0) is 22.8. The number of methoxy groups -OCH3 is 1. The van der Waals surface area contributed by atoms with Crippen molar-refractivity contribution >= 4 is 28.9 Å². The van der Waals surface area contributed by atoms with Gasteiger partial charge in [0.2, 0.25) is 17.6 Å². The van der Waals surface area contributed by atoms with Crippen molar-refractivity contribution in [3.63, 3.8) is 0 Å². The van der Waals surface area contributed by atoms with Crippen LogP contribution in [0.2, 0.25) is 0 Å². The molecule has 3 unspecified atom stereocenters. The summed E-state index contributed by atoms with van der Waals surface area (Å²) in [6.07, 6.45) is 2.13. The van der Waals surface area contributed by atoms with E-state index in [1.807, 2.05) is 0 Å². The Morgan fingerprint density at radius 3 is 2.26 bits per heavy atom. The number of benzene rings is 1. The highest BCUT2D eigenvalue weighted by atomic mass is 16.6. The van der Waals surface area contributed by atoms with Gasteiger partial charge in [-0.2, -0.15) is 0 Å². The average molecular weight is 429 g/mol. The van der Waals surface area contributed by atoms with Crippen LogP contribution in [0, 0.1) is 22.0 Å². The molecule has 162 valence electrons. The van der Waals surface area contributed by atoms with Gasteiger partial charge < -0.3 is 14.9 Å². The van der Waals surface area contributed by atoms with Crippen LogP contribution in [0.4, 0.5) is 0 Å². The Bertz CT molecular complexity index is 1130. The summed E-state index contributed by atoms with van der Waals surface area (Å²) >= 11 is 0. The molecule has 0 heterocycles. The van der Waals surface area contributed by atoms with Crippen LogP contribution in [-0.4, -0.2) is 45.4 Å². The predicted octanol–water partition coefficient (Wildman–Crippen LogP) is 2.13. The summed E-state index contributed by atoms with van der Waals surface area (Å²) in [5.74, 6) is -7.57. The largest absolute Gasteiger partial charge is 0.507 e. The maximum atomic E-state index is 13.2. The monoisotopic (exact) mass is 429 g/mol. The summed E-state index contributed by atoms with van der Waals surface area (Å²) in [5.41, 5.74) is -2.72. The van der Waals surface area contributed by atoms with Crippen molar-refractivity contribution in [1.82, 2.24) is 0 Å². The molecule has 10 nitrogen and oxygen atoms in total. The van der Waals surface area contributed by atoms with E-state index in [-0.39, 0.29) is 0 Å². The first-order chi connectivity index (χ1) is 14.6. The van der Waals surface area contributed by atoms with Gasteiger partial charge in [0, 0.05) is 16.8 Å². The molecule has 0 aromatic heterocycles. The molecule has 10 heteroatoms. The van der Waals surface area contributed by atoms with Gasteiger partial charge in [-0.3, -0.25) is 29.3 Å². The minimum atomic E-state index is -1.50. The molecule has 31 heavy (non-hydrogen) atoms. The quantitative estimate of drug-likeness (QED) is 0.241. The van der Waals surface area contributed by atoms with E-state index < -0.39 is 91.0 Å². The number of phenols is 2. The molecule has 0 saturated heterocycles. The number of allylic oxidation sites excluding steroid dienone is 1. The van der Waals surface area contributed by atoms with Gasteiger partial charge in [0.15, 0.2) is 11.6 Å². The third kappa shape index (κ3) is 2.63. The topological polar surface area (TPSA) is 161 Å². The number of aromatic hydroxyl groups is 2. The van der Waals surface area contributed by atoms with Crippen LogP contribution in [0.1, 0.15) is 70.5 Å². The normalized spacial score (nSPS) is 25.0. The summed E-state index contributed by atoms with van der Waals surface area (Å²) in [7, 11) is 1.09. The van der Waals surface area contributed by atoms with Gasteiger partial charge in [-0.05, 0) is 19.8 Å². The summed E-state index contributed by atoms with van der Waals surface area (Å²) in [4.78, 5) is 61.9. The third-order valence-electron chi connectivity index (χ3n) is 6.49. The zero-order valence-corrected chi connectivity index (χ0v) is 16.8. The number of nitro groups is 1. The molecule has 0 spiro atoms. The number of Topliss-reactive ketones (excluding diaryl/α,β-unsaturated/α-hetero) is 4. The van der Waals surface area contributed by atoms with E-state index in [0.717, 1.165) is 14.0 Å².